The van der Waals surface area contributed by atoms with Gasteiger partial charge in [0.05, 0.1) is 15.4 Å². The van der Waals surface area contributed by atoms with Crippen LogP contribution in [-0.2, 0) is 10.0 Å². The first-order valence-corrected chi connectivity index (χ1v) is 7.62. The Morgan fingerprint density at radius 2 is 2.10 bits per heavy atom. The average Bonchev–Trinajstić information content (AvgIpc) is 2.24. The van der Waals surface area contributed by atoms with Crippen LogP contribution in [0, 0.1) is 29.8 Å². The van der Waals surface area contributed by atoms with Gasteiger partial charge in [0.15, 0.2) is 0 Å². The fraction of sp³-hybridized carbons (Fsp3) is 0.273. The van der Waals surface area contributed by atoms with E-state index in [4.69, 9.17) is 0 Å². The summed E-state index contributed by atoms with van der Waals surface area (Å²) < 4.78 is 40.5. The summed E-state index contributed by atoms with van der Waals surface area (Å²) in [6, 6.07) is 0.836. The lowest BCUT2D eigenvalue weighted by molar-refractivity contribution is -0.388. The largest absolute Gasteiger partial charge is 0.309 e. The molecule has 1 aromatic carbocycles. The molecule has 0 unspecified atom stereocenters. The van der Waals surface area contributed by atoms with Crippen LogP contribution in [0.2, 0.25) is 0 Å². The van der Waals surface area contributed by atoms with Crippen molar-refractivity contribution in [3.63, 3.8) is 0 Å². The highest BCUT2D eigenvalue weighted by atomic mass is 79.9. The van der Waals surface area contributed by atoms with Crippen LogP contribution in [0.3, 0.4) is 0 Å². The molecular formula is C11H12BrFN2O4S. The van der Waals surface area contributed by atoms with Crippen LogP contribution in [0.1, 0.15) is 11.1 Å². The standard InChI is InChI=1S/C11H12BrFN2O4S/c1-6-4-9(13)10(15(16)17)8(3)11(6)20(18,19)14-5-7(2)12/h4,14H,2,5H2,1,3H3. The Morgan fingerprint density at radius 1 is 1.55 bits per heavy atom. The first-order valence-electron chi connectivity index (χ1n) is 5.35. The Labute approximate surface area is 124 Å². The van der Waals surface area contributed by atoms with Gasteiger partial charge in [-0.3, -0.25) is 10.1 Å². The van der Waals surface area contributed by atoms with E-state index in [1.54, 1.807) is 0 Å². The molecule has 0 aromatic heterocycles. The van der Waals surface area contributed by atoms with Gasteiger partial charge in [0.1, 0.15) is 0 Å². The van der Waals surface area contributed by atoms with Crippen molar-refractivity contribution in [2.24, 2.45) is 0 Å². The van der Waals surface area contributed by atoms with Crippen molar-refractivity contribution < 1.29 is 17.7 Å². The highest BCUT2D eigenvalue weighted by Gasteiger charge is 2.29. The maximum atomic E-state index is 13.6. The van der Waals surface area contributed by atoms with E-state index in [1.165, 1.54) is 13.8 Å². The van der Waals surface area contributed by atoms with E-state index in [2.05, 4.69) is 27.2 Å². The summed E-state index contributed by atoms with van der Waals surface area (Å²) in [5.74, 6) is -1.06. The number of nitro groups is 1. The fourth-order valence-corrected chi connectivity index (χ4v) is 3.61. The lowest BCUT2D eigenvalue weighted by atomic mass is 10.1. The van der Waals surface area contributed by atoms with E-state index in [0.717, 1.165) is 6.07 Å². The molecule has 0 aliphatic heterocycles. The molecule has 0 saturated carbocycles. The zero-order chi connectivity index (χ0) is 15.7. The molecule has 0 bridgehead atoms. The predicted molar refractivity (Wildman–Crippen MR) is 75.8 cm³/mol. The maximum Gasteiger partial charge on any atom is 0.309 e. The molecule has 0 saturated heterocycles. The molecule has 0 radical (unpaired) electrons. The van der Waals surface area contributed by atoms with Crippen LogP contribution < -0.4 is 4.72 Å². The van der Waals surface area contributed by atoms with Gasteiger partial charge in [-0.2, -0.15) is 4.39 Å². The Balaban J connectivity index is 3.49. The van der Waals surface area contributed by atoms with Crippen LogP contribution in [0.25, 0.3) is 0 Å². The van der Waals surface area contributed by atoms with Gasteiger partial charge in [-0.05, 0) is 25.5 Å². The number of sulfonamides is 1. The number of halogens is 2. The van der Waals surface area contributed by atoms with Crippen LogP contribution in [0.4, 0.5) is 10.1 Å². The van der Waals surface area contributed by atoms with E-state index in [-0.39, 0.29) is 22.6 Å². The molecule has 1 aromatic rings. The number of hydrogen-bond donors (Lipinski definition) is 1. The molecular weight excluding hydrogens is 355 g/mol. The van der Waals surface area contributed by atoms with Crippen molar-refractivity contribution in [3.8, 4) is 0 Å². The second kappa shape index (κ2) is 5.98. The summed E-state index contributed by atoms with van der Waals surface area (Å²) in [4.78, 5) is 9.60. The number of nitrogens with one attached hydrogen (secondary N) is 1. The van der Waals surface area contributed by atoms with Gasteiger partial charge in [0.25, 0.3) is 0 Å². The van der Waals surface area contributed by atoms with Gasteiger partial charge in [-0.1, -0.05) is 22.5 Å². The first kappa shape index (κ1) is 16.7. The van der Waals surface area contributed by atoms with E-state index >= 15 is 0 Å². The van der Waals surface area contributed by atoms with Crippen LogP contribution in [-0.4, -0.2) is 19.9 Å². The maximum absolute atomic E-state index is 13.6. The van der Waals surface area contributed by atoms with E-state index in [9.17, 15) is 22.9 Å². The zero-order valence-corrected chi connectivity index (χ0v) is 13.1. The van der Waals surface area contributed by atoms with E-state index in [1.807, 2.05) is 0 Å². The molecule has 0 atom stereocenters. The van der Waals surface area contributed by atoms with E-state index in [0.29, 0.717) is 4.48 Å². The van der Waals surface area contributed by atoms with Gasteiger partial charge >= 0.3 is 5.69 Å². The molecule has 0 aliphatic carbocycles. The molecule has 0 spiro atoms. The predicted octanol–water partition coefficient (Wildman–Crippen LogP) is 2.54. The van der Waals surface area contributed by atoms with Crippen LogP contribution in [0.5, 0.6) is 0 Å². The minimum Gasteiger partial charge on any atom is -0.258 e. The Bertz CT molecular complexity index is 688. The van der Waals surface area contributed by atoms with Gasteiger partial charge in [0, 0.05) is 11.0 Å². The normalized spacial score (nSPS) is 11.4. The molecule has 6 nitrogen and oxygen atoms in total. The molecule has 1 N–H and O–H groups in total. The van der Waals surface area contributed by atoms with Gasteiger partial charge in [-0.25, -0.2) is 13.1 Å². The highest BCUT2D eigenvalue weighted by molar-refractivity contribution is 9.11. The summed E-state index contributed by atoms with van der Waals surface area (Å²) >= 11 is 3.00. The third kappa shape index (κ3) is 3.41. The number of aryl methyl sites for hydroxylation is 1. The van der Waals surface area contributed by atoms with Gasteiger partial charge in [-0.15, -0.1) is 0 Å². The summed E-state index contributed by atoms with van der Waals surface area (Å²) in [5.41, 5.74) is -0.980. The SMILES string of the molecule is C=C(Br)CNS(=O)(=O)c1c(C)cc(F)c([N+](=O)[O-])c1C. The second-order valence-corrected chi connectivity index (χ2v) is 6.90. The Kier molecular flexibility index (Phi) is 5.00. The van der Waals surface area contributed by atoms with Crippen LogP contribution in [0.15, 0.2) is 22.0 Å². The molecule has 20 heavy (non-hydrogen) atoms. The van der Waals surface area contributed by atoms with Crippen LogP contribution >= 0.6 is 15.9 Å². The topological polar surface area (TPSA) is 89.3 Å². The average molecular weight is 367 g/mol. The fourth-order valence-electron chi connectivity index (χ4n) is 1.79. The van der Waals surface area contributed by atoms with E-state index < -0.39 is 26.5 Å². The number of nitrogens with zero attached hydrogens (tertiary/aromatic N) is 1. The third-order valence-corrected chi connectivity index (χ3v) is 4.50. The minimum absolute atomic E-state index is 0.0770. The number of hydrogen-bond acceptors (Lipinski definition) is 4. The second-order valence-electron chi connectivity index (χ2n) is 4.08. The Morgan fingerprint density at radius 3 is 2.55 bits per heavy atom. The third-order valence-electron chi connectivity index (χ3n) is 2.53. The van der Waals surface area contributed by atoms with Crippen molar-refractivity contribution in [1.82, 2.24) is 4.72 Å². The molecule has 9 heteroatoms. The van der Waals surface area contributed by atoms with Crippen molar-refractivity contribution in [2.75, 3.05) is 6.54 Å². The van der Waals surface area contributed by atoms with Crippen molar-refractivity contribution in [3.05, 3.63) is 44.2 Å². The lowest BCUT2D eigenvalue weighted by Crippen LogP contribution is -2.26. The molecule has 0 aliphatic rings. The lowest BCUT2D eigenvalue weighted by Gasteiger charge is -2.12. The molecule has 1 rings (SSSR count). The highest BCUT2D eigenvalue weighted by Crippen LogP contribution is 2.31. The van der Waals surface area contributed by atoms with Crippen molar-refractivity contribution >= 4 is 31.6 Å². The van der Waals surface area contributed by atoms with Crippen molar-refractivity contribution in [2.45, 2.75) is 18.7 Å². The number of nitro benzene ring substituents is 1. The molecule has 0 fully saturated rings. The van der Waals surface area contributed by atoms with Gasteiger partial charge in [0.2, 0.25) is 15.8 Å². The summed E-state index contributed by atoms with van der Waals surface area (Å²) in [6.45, 7) is 5.97. The quantitative estimate of drug-likeness (QED) is 0.640. The summed E-state index contributed by atoms with van der Waals surface area (Å²) in [5, 5.41) is 10.8. The Hall–Kier alpha value is -1.32. The number of rotatable bonds is 5. The smallest absolute Gasteiger partial charge is 0.258 e. The molecule has 0 heterocycles. The monoisotopic (exact) mass is 366 g/mol. The number of benzene rings is 1. The minimum atomic E-state index is -4.00. The summed E-state index contributed by atoms with van der Waals surface area (Å²) in [7, 11) is -4.00. The molecule has 0 amide bonds. The first-order chi connectivity index (χ1) is 9.08. The van der Waals surface area contributed by atoms with Gasteiger partial charge < -0.3 is 0 Å². The van der Waals surface area contributed by atoms with Crippen molar-refractivity contribution in [1.29, 1.82) is 0 Å². The summed E-state index contributed by atoms with van der Waals surface area (Å²) in [6.07, 6.45) is 0. The molecule has 110 valence electrons. The zero-order valence-electron chi connectivity index (χ0n) is 10.7.